The van der Waals surface area contributed by atoms with Crippen molar-refractivity contribution in [3.63, 3.8) is 0 Å². The number of carbonyl (C=O) groups excluding carboxylic acids is 1. The van der Waals surface area contributed by atoms with E-state index in [-0.39, 0.29) is 16.4 Å². The Hall–Kier alpha value is -2.91. The lowest BCUT2D eigenvalue weighted by molar-refractivity contribution is 0.0922. The lowest BCUT2D eigenvalue weighted by Crippen LogP contribution is -2.28. The van der Waals surface area contributed by atoms with Crippen LogP contribution < -0.4 is 5.32 Å². The van der Waals surface area contributed by atoms with Gasteiger partial charge in [-0.15, -0.1) is 0 Å². The fourth-order valence-electron chi connectivity index (χ4n) is 3.39. The predicted molar refractivity (Wildman–Crippen MR) is 107 cm³/mol. The van der Waals surface area contributed by atoms with Crippen LogP contribution in [0.3, 0.4) is 0 Å². The molecule has 0 spiro atoms. The highest BCUT2D eigenvalue weighted by Gasteiger charge is 2.31. The van der Waals surface area contributed by atoms with Crippen molar-refractivity contribution in [1.29, 1.82) is 0 Å². The molecule has 152 valence electrons. The molecule has 1 saturated heterocycles. The van der Waals surface area contributed by atoms with E-state index >= 15 is 0 Å². The van der Waals surface area contributed by atoms with E-state index in [4.69, 9.17) is 4.42 Å². The highest BCUT2D eigenvalue weighted by molar-refractivity contribution is 7.89. The second kappa shape index (κ2) is 7.84. The van der Waals surface area contributed by atoms with Crippen LogP contribution in [0.1, 0.15) is 34.7 Å². The summed E-state index contributed by atoms with van der Waals surface area (Å²) in [5.41, 5.74) is 2.82. The Morgan fingerprint density at radius 2 is 1.93 bits per heavy atom. The molecular weight excluding hydrogens is 392 g/mol. The van der Waals surface area contributed by atoms with E-state index in [2.05, 4.69) is 15.5 Å². The van der Waals surface area contributed by atoms with Gasteiger partial charge in [0.05, 0.1) is 5.69 Å². The number of carbonyl (C=O) groups is 1. The van der Waals surface area contributed by atoms with Gasteiger partial charge in [-0.3, -0.25) is 9.89 Å². The molecule has 0 bridgehead atoms. The molecule has 3 aromatic rings. The molecule has 1 fully saturated rings. The zero-order valence-corrected chi connectivity index (χ0v) is 16.8. The van der Waals surface area contributed by atoms with E-state index in [1.807, 2.05) is 30.3 Å². The molecule has 1 amide bonds. The first-order chi connectivity index (χ1) is 13.9. The molecule has 4 rings (SSSR count). The van der Waals surface area contributed by atoms with Gasteiger partial charge in [0, 0.05) is 31.9 Å². The van der Waals surface area contributed by atoms with Crippen LogP contribution in [0, 0.1) is 6.92 Å². The number of aryl methyl sites for hydroxylation is 1. The molecule has 0 radical (unpaired) electrons. The normalized spacial score (nSPS) is 14.9. The predicted octanol–water partition coefficient (Wildman–Crippen LogP) is 2.69. The van der Waals surface area contributed by atoms with E-state index in [0.717, 1.165) is 29.7 Å². The SMILES string of the molecule is Cc1oc(C(=O)NCc2ccc(-c3ccn[nH]3)cc2)cc1S(=O)(=O)N1CCCC1. The summed E-state index contributed by atoms with van der Waals surface area (Å²) in [6, 6.07) is 10.9. The number of sulfonamides is 1. The Labute approximate surface area is 169 Å². The second-order valence-corrected chi connectivity index (χ2v) is 8.90. The number of amides is 1. The second-order valence-electron chi connectivity index (χ2n) is 6.99. The molecule has 29 heavy (non-hydrogen) atoms. The van der Waals surface area contributed by atoms with Crippen LogP contribution in [0.2, 0.25) is 0 Å². The largest absolute Gasteiger partial charge is 0.455 e. The summed E-state index contributed by atoms with van der Waals surface area (Å²) in [5.74, 6) is -0.228. The molecule has 9 heteroatoms. The molecule has 1 aromatic carbocycles. The molecule has 1 aliphatic heterocycles. The number of furan rings is 1. The van der Waals surface area contributed by atoms with Crippen molar-refractivity contribution in [1.82, 2.24) is 19.8 Å². The summed E-state index contributed by atoms with van der Waals surface area (Å²) in [6.07, 6.45) is 3.39. The minimum absolute atomic E-state index is 0.00523. The van der Waals surface area contributed by atoms with Crippen LogP contribution in [0.5, 0.6) is 0 Å². The van der Waals surface area contributed by atoms with Gasteiger partial charge in [-0.2, -0.15) is 9.40 Å². The number of aromatic amines is 1. The summed E-state index contributed by atoms with van der Waals surface area (Å²) in [4.78, 5) is 12.5. The van der Waals surface area contributed by atoms with Gasteiger partial charge >= 0.3 is 0 Å². The Bertz CT molecular complexity index is 1100. The molecule has 2 aromatic heterocycles. The van der Waals surface area contributed by atoms with E-state index in [1.165, 1.54) is 10.4 Å². The van der Waals surface area contributed by atoms with Gasteiger partial charge in [-0.25, -0.2) is 8.42 Å². The van der Waals surface area contributed by atoms with Gasteiger partial charge < -0.3 is 9.73 Å². The summed E-state index contributed by atoms with van der Waals surface area (Å²) >= 11 is 0. The highest BCUT2D eigenvalue weighted by atomic mass is 32.2. The number of hydrogen-bond donors (Lipinski definition) is 2. The van der Waals surface area contributed by atoms with Crippen molar-refractivity contribution in [2.24, 2.45) is 0 Å². The minimum atomic E-state index is -3.62. The number of aromatic nitrogens is 2. The summed E-state index contributed by atoms with van der Waals surface area (Å²) in [7, 11) is -3.62. The summed E-state index contributed by atoms with van der Waals surface area (Å²) in [6.45, 7) is 2.87. The number of hydrogen-bond acceptors (Lipinski definition) is 5. The third kappa shape index (κ3) is 3.96. The lowest BCUT2D eigenvalue weighted by Gasteiger charge is -2.14. The van der Waals surface area contributed by atoms with E-state index < -0.39 is 15.9 Å². The van der Waals surface area contributed by atoms with Gasteiger partial charge in [0.15, 0.2) is 5.76 Å². The highest BCUT2D eigenvalue weighted by Crippen LogP contribution is 2.26. The van der Waals surface area contributed by atoms with Crippen molar-refractivity contribution < 1.29 is 17.6 Å². The third-order valence-corrected chi connectivity index (χ3v) is 7.00. The Morgan fingerprint density at radius 1 is 1.21 bits per heavy atom. The average Bonchev–Trinajstić information content (AvgIpc) is 3.48. The number of nitrogens with zero attached hydrogens (tertiary/aromatic N) is 2. The van der Waals surface area contributed by atoms with Crippen LogP contribution in [0.15, 0.2) is 51.9 Å². The van der Waals surface area contributed by atoms with Gasteiger partial charge in [0.1, 0.15) is 10.7 Å². The van der Waals surface area contributed by atoms with E-state index in [1.54, 1.807) is 13.1 Å². The summed E-state index contributed by atoms with van der Waals surface area (Å²) in [5, 5.41) is 9.60. The molecule has 8 nitrogen and oxygen atoms in total. The van der Waals surface area contributed by atoms with Gasteiger partial charge in [-0.05, 0) is 37.0 Å². The maximum atomic E-state index is 12.7. The smallest absolute Gasteiger partial charge is 0.287 e. The first-order valence-electron chi connectivity index (χ1n) is 9.42. The molecule has 1 aliphatic rings. The lowest BCUT2D eigenvalue weighted by atomic mass is 10.1. The standard InChI is InChI=1S/C20H22N4O4S/c1-14-19(29(26,27)24-10-2-3-11-24)12-18(28-14)20(25)21-13-15-4-6-16(7-5-15)17-8-9-22-23-17/h4-9,12H,2-3,10-11,13H2,1H3,(H,21,25)(H,22,23). The molecule has 0 saturated carbocycles. The fraction of sp³-hybridized carbons (Fsp3) is 0.300. The average molecular weight is 414 g/mol. The van der Waals surface area contributed by atoms with Crippen molar-refractivity contribution >= 4 is 15.9 Å². The quantitative estimate of drug-likeness (QED) is 0.645. The van der Waals surface area contributed by atoms with Crippen molar-refractivity contribution in [2.75, 3.05) is 13.1 Å². The zero-order chi connectivity index (χ0) is 20.4. The van der Waals surface area contributed by atoms with Crippen LogP contribution in [0.4, 0.5) is 0 Å². The van der Waals surface area contributed by atoms with E-state index in [0.29, 0.717) is 19.6 Å². The molecule has 3 heterocycles. The Balaban J connectivity index is 1.43. The summed E-state index contributed by atoms with van der Waals surface area (Å²) < 4.78 is 32.3. The Kier molecular flexibility index (Phi) is 5.25. The minimum Gasteiger partial charge on any atom is -0.455 e. The van der Waals surface area contributed by atoms with Crippen molar-refractivity contribution in [3.05, 3.63) is 59.7 Å². The molecule has 2 N–H and O–H groups in total. The molecule has 0 unspecified atom stereocenters. The molecule has 0 aliphatic carbocycles. The van der Waals surface area contributed by atoms with Crippen LogP contribution in [-0.2, 0) is 16.6 Å². The van der Waals surface area contributed by atoms with Crippen molar-refractivity contribution in [3.8, 4) is 11.3 Å². The van der Waals surface area contributed by atoms with Crippen molar-refractivity contribution in [2.45, 2.75) is 31.2 Å². The maximum Gasteiger partial charge on any atom is 0.287 e. The van der Waals surface area contributed by atoms with Gasteiger partial charge in [0.2, 0.25) is 10.0 Å². The first-order valence-corrected chi connectivity index (χ1v) is 10.9. The monoisotopic (exact) mass is 414 g/mol. The van der Waals surface area contributed by atoms with Crippen LogP contribution in [-0.4, -0.2) is 41.9 Å². The third-order valence-electron chi connectivity index (χ3n) is 5.00. The fourth-order valence-corrected chi connectivity index (χ4v) is 5.07. The Morgan fingerprint density at radius 3 is 2.59 bits per heavy atom. The van der Waals surface area contributed by atoms with Crippen LogP contribution >= 0.6 is 0 Å². The van der Waals surface area contributed by atoms with Gasteiger partial charge in [-0.1, -0.05) is 24.3 Å². The first kappa shape index (κ1) is 19.4. The number of rotatable bonds is 6. The number of nitrogens with one attached hydrogen (secondary N) is 2. The molecule has 0 atom stereocenters. The van der Waals surface area contributed by atoms with E-state index in [9.17, 15) is 13.2 Å². The maximum absolute atomic E-state index is 12.7. The molecular formula is C20H22N4O4S. The van der Waals surface area contributed by atoms with Crippen LogP contribution in [0.25, 0.3) is 11.3 Å². The number of benzene rings is 1. The number of H-pyrrole nitrogens is 1. The zero-order valence-electron chi connectivity index (χ0n) is 16.0. The van der Waals surface area contributed by atoms with Gasteiger partial charge in [0.25, 0.3) is 5.91 Å². The topological polar surface area (TPSA) is 108 Å².